The third-order valence-electron chi connectivity index (χ3n) is 5.89. The third-order valence-corrected chi connectivity index (χ3v) is 7.96. The van der Waals surface area contributed by atoms with Gasteiger partial charge in [-0.2, -0.15) is 4.31 Å². The van der Waals surface area contributed by atoms with E-state index >= 15 is 0 Å². The summed E-state index contributed by atoms with van der Waals surface area (Å²) in [6, 6.07) is 6.18. The Labute approximate surface area is 193 Å². The fraction of sp³-hybridized carbons (Fsp3) is 0.476. The molecule has 176 valence electrons. The van der Waals surface area contributed by atoms with E-state index in [1.807, 2.05) is 6.92 Å². The minimum absolute atomic E-state index is 0.119. The van der Waals surface area contributed by atoms with Gasteiger partial charge in [0.25, 0.3) is 5.91 Å². The molecule has 3 aromatic rings. The summed E-state index contributed by atoms with van der Waals surface area (Å²) in [6.45, 7) is 9.30. The number of piperazine rings is 1. The number of sulfonamides is 1. The Morgan fingerprint density at radius 1 is 1.00 bits per heavy atom. The molecule has 1 aliphatic rings. The van der Waals surface area contributed by atoms with Gasteiger partial charge >= 0.3 is 0 Å². The minimum atomic E-state index is -3.55. The second-order valence-corrected chi connectivity index (χ2v) is 9.61. The van der Waals surface area contributed by atoms with Crippen LogP contribution in [0.2, 0.25) is 0 Å². The van der Waals surface area contributed by atoms with E-state index < -0.39 is 10.0 Å². The lowest BCUT2D eigenvalue weighted by atomic mass is 10.2. The maximum Gasteiger partial charge on any atom is 0.253 e. The molecule has 0 radical (unpaired) electrons. The van der Waals surface area contributed by atoms with Crippen LogP contribution in [0.15, 0.2) is 35.5 Å². The molecule has 1 aromatic carbocycles. The average molecular weight is 473 g/mol. The summed E-state index contributed by atoms with van der Waals surface area (Å²) in [6.07, 6.45) is 1.51. The van der Waals surface area contributed by atoms with Crippen LogP contribution in [0.3, 0.4) is 0 Å². The lowest BCUT2D eigenvalue weighted by Crippen LogP contribution is -2.49. The van der Waals surface area contributed by atoms with Crippen LogP contribution in [0.1, 0.15) is 31.1 Å². The van der Waals surface area contributed by atoms with Crippen LogP contribution in [-0.2, 0) is 16.6 Å². The van der Waals surface area contributed by atoms with Crippen LogP contribution >= 0.6 is 0 Å². The van der Waals surface area contributed by atoms with Gasteiger partial charge in [-0.25, -0.2) is 23.1 Å². The number of carbonyl (C=O) groups excluding carboxylic acids is 1. The maximum atomic E-state index is 13.0. The normalized spacial score (nSPS) is 14.9. The molecule has 11 nitrogen and oxygen atoms in total. The first-order valence-electron chi connectivity index (χ1n) is 11.1. The summed E-state index contributed by atoms with van der Waals surface area (Å²) in [7, 11) is -3.55. The SMILES string of the molecule is CCN(CC)S(=O)(=O)c1ccc(C(=O)N2CCN(c3ncnc4c3nnn4CC)CC2)cc1. The predicted molar refractivity (Wildman–Crippen MR) is 123 cm³/mol. The number of hydrogen-bond donors (Lipinski definition) is 0. The van der Waals surface area contributed by atoms with Crippen LogP contribution in [0.5, 0.6) is 0 Å². The number of carbonyl (C=O) groups is 1. The van der Waals surface area contributed by atoms with Gasteiger partial charge in [0.15, 0.2) is 17.0 Å². The fourth-order valence-electron chi connectivity index (χ4n) is 4.01. The van der Waals surface area contributed by atoms with E-state index in [2.05, 4.69) is 25.2 Å². The van der Waals surface area contributed by atoms with Crippen LogP contribution in [0, 0.1) is 0 Å². The molecule has 0 atom stereocenters. The molecule has 12 heteroatoms. The summed E-state index contributed by atoms with van der Waals surface area (Å²) in [4.78, 5) is 25.7. The van der Waals surface area contributed by atoms with Crippen LogP contribution in [0.4, 0.5) is 5.82 Å². The van der Waals surface area contributed by atoms with Crippen molar-refractivity contribution in [2.24, 2.45) is 0 Å². The first-order valence-corrected chi connectivity index (χ1v) is 12.5. The van der Waals surface area contributed by atoms with Gasteiger partial charge in [0.2, 0.25) is 10.0 Å². The third kappa shape index (κ3) is 4.27. The van der Waals surface area contributed by atoms with E-state index in [1.165, 1.54) is 22.8 Å². The molecular formula is C21H28N8O3S. The highest BCUT2D eigenvalue weighted by atomic mass is 32.2. The molecule has 2 aromatic heterocycles. The fourth-order valence-corrected chi connectivity index (χ4v) is 5.47. The van der Waals surface area contributed by atoms with Gasteiger partial charge < -0.3 is 9.80 Å². The topological polar surface area (TPSA) is 117 Å². The molecule has 0 saturated carbocycles. The van der Waals surface area contributed by atoms with Crippen molar-refractivity contribution in [1.29, 1.82) is 0 Å². The van der Waals surface area contributed by atoms with E-state index in [4.69, 9.17) is 0 Å². The molecular weight excluding hydrogens is 444 g/mol. The number of amides is 1. The summed E-state index contributed by atoms with van der Waals surface area (Å²) in [5, 5.41) is 8.36. The van der Waals surface area contributed by atoms with Crippen molar-refractivity contribution in [2.45, 2.75) is 32.2 Å². The van der Waals surface area contributed by atoms with Crippen molar-refractivity contribution in [2.75, 3.05) is 44.2 Å². The second kappa shape index (κ2) is 9.40. The van der Waals surface area contributed by atoms with Crippen LogP contribution < -0.4 is 4.90 Å². The van der Waals surface area contributed by atoms with E-state index in [9.17, 15) is 13.2 Å². The van der Waals surface area contributed by atoms with Gasteiger partial charge in [-0.3, -0.25) is 4.79 Å². The zero-order valence-electron chi connectivity index (χ0n) is 19.0. The standard InChI is InChI=1S/C21H28N8O3S/c1-4-28(5-2)33(31,32)17-9-7-16(8-10-17)21(30)27-13-11-26(12-14-27)19-18-20(23-15-22-19)29(6-3)25-24-18/h7-10,15H,4-6,11-14H2,1-3H3. The summed E-state index contributed by atoms with van der Waals surface area (Å²) in [5.74, 6) is 0.601. The highest BCUT2D eigenvalue weighted by Crippen LogP contribution is 2.23. The molecule has 4 rings (SSSR count). The summed E-state index contributed by atoms with van der Waals surface area (Å²) in [5.41, 5.74) is 1.82. The zero-order chi connectivity index (χ0) is 23.6. The van der Waals surface area contributed by atoms with Crippen molar-refractivity contribution < 1.29 is 13.2 Å². The van der Waals surface area contributed by atoms with E-state index in [0.29, 0.717) is 62.5 Å². The predicted octanol–water partition coefficient (Wildman–Crippen LogP) is 1.23. The quantitative estimate of drug-likeness (QED) is 0.504. The number of anilines is 1. The second-order valence-electron chi connectivity index (χ2n) is 7.67. The number of aryl methyl sites for hydroxylation is 1. The van der Waals surface area contributed by atoms with Crippen molar-refractivity contribution in [3.63, 3.8) is 0 Å². The Morgan fingerprint density at radius 2 is 1.67 bits per heavy atom. The lowest BCUT2D eigenvalue weighted by Gasteiger charge is -2.35. The summed E-state index contributed by atoms with van der Waals surface area (Å²) >= 11 is 0. The molecule has 3 heterocycles. The number of rotatable bonds is 7. The minimum Gasteiger partial charge on any atom is -0.351 e. The van der Waals surface area contributed by atoms with E-state index in [1.54, 1.807) is 35.6 Å². The van der Waals surface area contributed by atoms with Crippen LogP contribution in [0.25, 0.3) is 11.2 Å². The number of aromatic nitrogens is 5. The zero-order valence-corrected chi connectivity index (χ0v) is 19.9. The molecule has 0 bridgehead atoms. The van der Waals surface area contributed by atoms with Gasteiger partial charge in [-0.1, -0.05) is 19.1 Å². The number of fused-ring (bicyclic) bond motifs is 1. The molecule has 0 N–H and O–H groups in total. The van der Waals surface area contributed by atoms with Crippen molar-refractivity contribution in [1.82, 2.24) is 34.2 Å². The van der Waals surface area contributed by atoms with Gasteiger partial charge in [-0.15, -0.1) is 5.10 Å². The average Bonchev–Trinajstić information content (AvgIpc) is 3.28. The molecule has 1 saturated heterocycles. The molecule has 1 amide bonds. The summed E-state index contributed by atoms with van der Waals surface area (Å²) < 4.78 is 28.5. The van der Waals surface area contributed by atoms with E-state index in [0.717, 1.165) is 5.82 Å². The monoisotopic (exact) mass is 472 g/mol. The van der Waals surface area contributed by atoms with Gasteiger partial charge in [0, 0.05) is 51.4 Å². The smallest absolute Gasteiger partial charge is 0.253 e. The number of hydrogen-bond acceptors (Lipinski definition) is 8. The Balaban J connectivity index is 1.44. The van der Waals surface area contributed by atoms with Crippen molar-refractivity contribution >= 4 is 32.9 Å². The maximum absolute atomic E-state index is 13.0. The largest absolute Gasteiger partial charge is 0.351 e. The van der Waals surface area contributed by atoms with E-state index in [-0.39, 0.29) is 10.8 Å². The Bertz CT molecular complexity index is 1230. The molecule has 0 aliphatic carbocycles. The number of nitrogens with zero attached hydrogens (tertiary/aromatic N) is 8. The highest BCUT2D eigenvalue weighted by Gasteiger charge is 2.26. The van der Waals surface area contributed by atoms with Gasteiger partial charge in [-0.05, 0) is 31.2 Å². The van der Waals surface area contributed by atoms with Crippen molar-refractivity contribution in [3.8, 4) is 0 Å². The molecule has 0 unspecified atom stereocenters. The lowest BCUT2D eigenvalue weighted by molar-refractivity contribution is 0.0746. The first-order chi connectivity index (χ1) is 15.9. The van der Waals surface area contributed by atoms with Gasteiger partial charge in [0.05, 0.1) is 4.90 Å². The molecule has 1 fully saturated rings. The Kier molecular flexibility index (Phi) is 6.56. The molecule has 33 heavy (non-hydrogen) atoms. The highest BCUT2D eigenvalue weighted by molar-refractivity contribution is 7.89. The first kappa shape index (κ1) is 23.1. The molecule has 0 spiro atoms. The molecule has 1 aliphatic heterocycles. The Hall–Kier alpha value is -3.12. The van der Waals surface area contributed by atoms with Crippen LogP contribution in [-0.4, -0.2) is 87.8 Å². The number of benzene rings is 1. The Morgan fingerprint density at radius 3 is 2.27 bits per heavy atom. The van der Waals surface area contributed by atoms with Crippen molar-refractivity contribution in [3.05, 3.63) is 36.2 Å². The van der Waals surface area contributed by atoms with Gasteiger partial charge in [0.1, 0.15) is 6.33 Å².